The van der Waals surface area contributed by atoms with Gasteiger partial charge >= 0.3 is 0 Å². The van der Waals surface area contributed by atoms with Crippen LogP contribution in [0.25, 0.3) is 0 Å². The lowest BCUT2D eigenvalue weighted by Gasteiger charge is -2.14. The van der Waals surface area contributed by atoms with Gasteiger partial charge in [-0.25, -0.2) is 17.1 Å². The fourth-order valence-electron chi connectivity index (χ4n) is 2.22. The Kier molecular flexibility index (Phi) is 9.13. The second kappa shape index (κ2) is 10.6. The molecule has 0 fully saturated rings. The van der Waals surface area contributed by atoms with E-state index in [1.54, 1.807) is 49.5 Å². The first-order chi connectivity index (χ1) is 12.3. The number of nitrogens with one attached hydrogen (secondary N) is 2. The molecule has 148 valence electrons. The third-order valence-electron chi connectivity index (χ3n) is 3.79. The Bertz CT molecular complexity index is 871. The van der Waals surface area contributed by atoms with Gasteiger partial charge in [-0.2, -0.15) is 0 Å². The average Bonchev–Trinajstić information content (AvgIpc) is 2.63. The summed E-state index contributed by atoms with van der Waals surface area (Å²) in [4.78, 5) is 4.34. The SMILES string of the molecule is CN=C(NCc1ccc(S(=O)(=O)N(C)C)cc1)NCc1ccccc1F.I. The van der Waals surface area contributed by atoms with Gasteiger partial charge in [-0.05, 0) is 23.8 Å². The molecule has 0 bridgehead atoms. The molecule has 0 amide bonds. The number of hydrogen-bond acceptors (Lipinski definition) is 3. The molecule has 0 radical (unpaired) electrons. The van der Waals surface area contributed by atoms with Gasteiger partial charge in [0.15, 0.2) is 5.96 Å². The van der Waals surface area contributed by atoms with Crippen LogP contribution in [0, 0.1) is 5.82 Å². The van der Waals surface area contributed by atoms with E-state index in [1.165, 1.54) is 24.5 Å². The third-order valence-corrected chi connectivity index (χ3v) is 5.62. The van der Waals surface area contributed by atoms with Crippen molar-refractivity contribution in [2.45, 2.75) is 18.0 Å². The molecule has 0 aliphatic heterocycles. The fraction of sp³-hybridized carbons (Fsp3) is 0.278. The first-order valence-corrected chi connectivity index (χ1v) is 9.48. The number of sulfonamides is 1. The molecule has 0 aliphatic rings. The molecule has 0 unspecified atom stereocenters. The first-order valence-electron chi connectivity index (χ1n) is 8.04. The molecule has 0 saturated carbocycles. The van der Waals surface area contributed by atoms with Crippen LogP contribution in [0.5, 0.6) is 0 Å². The van der Waals surface area contributed by atoms with E-state index < -0.39 is 10.0 Å². The van der Waals surface area contributed by atoms with Gasteiger partial charge in [-0.1, -0.05) is 30.3 Å². The second-order valence-electron chi connectivity index (χ2n) is 5.80. The van der Waals surface area contributed by atoms with Crippen molar-refractivity contribution in [1.82, 2.24) is 14.9 Å². The topological polar surface area (TPSA) is 73.8 Å². The number of nitrogens with zero attached hydrogens (tertiary/aromatic N) is 2. The highest BCUT2D eigenvalue weighted by atomic mass is 127. The Morgan fingerprint density at radius 1 is 1.04 bits per heavy atom. The average molecular weight is 506 g/mol. The molecular weight excluding hydrogens is 482 g/mol. The van der Waals surface area contributed by atoms with E-state index in [0.29, 0.717) is 24.6 Å². The van der Waals surface area contributed by atoms with Gasteiger partial charge in [0.1, 0.15) is 5.82 Å². The summed E-state index contributed by atoms with van der Waals surface area (Å²) in [5, 5.41) is 6.16. The molecule has 2 N–H and O–H groups in total. The highest BCUT2D eigenvalue weighted by Crippen LogP contribution is 2.14. The molecule has 2 aromatic carbocycles. The Hall–Kier alpha value is -1.72. The maximum atomic E-state index is 13.6. The normalized spacial score (nSPS) is 11.8. The van der Waals surface area contributed by atoms with Crippen molar-refractivity contribution < 1.29 is 12.8 Å². The number of halogens is 2. The van der Waals surface area contributed by atoms with E-state index in [0.717, 1.165) is 5.56 Å². The summed E-state index contributed by atoms with van der Waals surface area (Å²) < 4.78 is 38.9. The molecule has 2 rings (SSSR count). The molecule has 0 saturated heterocycles. The molecular formula is C18H24FIN4O2S. The quantitative estimate of drug-likeness (QED) is 0.359. The standard InChI is InChI=1S/C18H23FN4O2S.HI/c1-20-18(22-13-15-6-4-5-7-17(15)19)21-12-14-8-10-16(11-9-14)26(24,25)23(2)3;/h4-11H,12-13H2,1-3H3,(H2,20,21,22);1H. The highest BCUT2D eigenvalue weighted by molar-refractivity contribution is 14.0. The summed E-state index contributed by atoms with van der Waals surface area (Å²) in [5.41, 5.74) is 1.45. The van der Waals surface area contributed by atoms with Gasteiger partial charge in [-0.15, -0.1) is 24.0 Å². The minimum Gasteiger partial charge on any atom is -0.352 e. The molecule has 2 aromatic rings. The van der Waals surface area contributed by atoms with Gasteiger partial charge < -0.3 is 10.6 Å². The molecule has 6 nitrogen and oxygen atoms in total. The van der Waals surface area contributed by atoms with Gasteiger partial charge in [0.05, 0.1) is 4.90 Å². The number of aliphatic imine (C=N–C) groups is 1. The van der Waals surface area contributed by atoms with Crippen LogP contribution in [0.15, 0.2) is 58.4 Å². The van der Waals surface area contributed by atoms with E-state index in [9.17, 15) is 12.8 Å². The highest BCUT2D eigenvalue weighted by Gasteiger charge is 2.16. The van der Waals surface area contributed by atoms with Crippen LogP contribution < -0.4 is 10.6 Å². The largest absolute Gasteiger partial charge is 0.352 e. The van der Waals surface area contributed by atoms with Crippen molar-refractivity contribution in [3.05, 3.63) is 65.5 Å². The Morgan fingerprint density at radius 3 is 2.19 bits per heavy atom. The predicted molar refractivity (Wildman–Crippen MR) is 116 cm³/mol. The molecule has 0 atom stereocenters. The minimum atomic E-state index is -3.43. The zero-order valence-electron chi connectivity index (χ0n) is 15.4. The minimum absolute atomic E-state index is 0. The molecule has 0 heterocycles. The summed E-state index contributed by atoms with van der Waals surface area (Å²) in [6, 6.07) is 13.2. The van der Waals surface area contributed by atoms with E-state index in [1.807, 2.05) is 0 Å². The van der Waals surface area contributed by atoms with E-state index >= 15 is 0 Å². The van der Waals surface area contributed by atoms with Crippen LogP contribution in [0.2, 0.25) is 0 Å². The van der Waals surface area contributed by atoms with Gasteiger partial charge in [0.25, 0.3) is 0 Å². The van der Waals surface area contributed by atoms with Crippen molar-refractivity contribution in [2.24, 2.45) is 4.99 Å². The van der Waals surface area contributed by atoms with E-state index in [-0.39, 0.29) is 34.7 Å². The van der Waals surface area contributed by atoms with E-state index in [2.05, 4.69) is 15.6 Å². The van der Waals surface area contributed by atoms with Crippen LogP contribution >= 0.6 is 24.0 Å². The van der Waals surface area contributed by atoms with Crippen molar-refractivity contribution in [1.29, 1.82) is 0 Å². The fourth-order valence-corrected chi connectivity index (χ4v) is 3.12. The molecule has 0 aromatic heterocycles. The maximum absolute atomic E-state index is 13.6. The van der Waals surface area contributed by atoms with Gasteiger partial charge in [0.2, 0.25) is 10.0 Å². The molecule has 0 aliphatic carbocycles. The van der Waals surface area contributed by atoms with Crippen molar-refractivity contribution in [3.63, 3.8) is 0 Å². The number of benzene rings is 2. The number of guanidine groups is 1. The monoisotopic (exact) mass is 506 g/mol. The summed E-state index contributed by atoms with van der Waals surface area (Å²) in [5.74, 6) is 0.256. The van der Waals surface area contributed by atoms with Crippen LogP contribution in [0.1, 0.15) is 11.1 Å². The molecule has 27 heavy (non-hydrogen) atoms. The lowest BCUT2D eigenvalue weighted by Crippen LogP contribution is -2.36. The first kappa shape index (κ1) is 23.3. The zero-order chi connectivity index (χ0) is 19.2. The smallest absolute Gasteiger partial charge is 0.242 e. The van der Waals surface area contributed by atoms with Crippen molar-refractivity contribution in [2.75, 3.05) is 21.1 Å². The second-order valence-corrected chi connectivity index (χ2v) is 7.95. The number of rotatable bonds is 6. The van der Waals surface area contributed by atoms with Crippen LogP contribution in [0.4, 0.5) is 4.39 Å². The molecule has 0 spiro atoms. The predicted octanol–water partition coefficient (Wildman–Crippen LogP) is 2.56. The van der Waals surface area contributed by atoms with Gasteiger partial charge in [0, 0.05) is 39.8 Å². The summed E-state index contributed by atoms with van der Waals surface area (Å²) in [6.45, 7) is 0.769. The lowest BCUT2D eigenvalue weighted by molar-refractivity contribution is 0.520. The zero-order valence-corrected chi connectivity index (χ0v) is 18.6. The Balaban J connectivity index is 0.00000364. The summed E-state index contributed by atoms with van der Waals surface area (Å²) >= 11 is 0. The Labute approximate surface area is 177 Å². The lowest BCUT2D eigenvalue weighted by atomic mass is 10.2. The van der Waals surface area contributed by atoms with Crippen LogP contribution in [-0.2, 0) is 23.1 Å². The van der Waals surface area contributed by atoms with Crippen LogP contribution in [0.3, 0.4) is 0 Å². The van der Waals surface area contributed by atoms with Crippen LogP contribution in [-0.4, -0.2) is 39.8 Å². The van der Waals surface area contributed by atoms with Gasteiger partial charge in [-0.3, -0.25) is 4.99 Å². The van der Waals surface area contributed by atoms with E-state index in [4.69, 9.17) is 0 Å². The number of hydrogen-bond donors (Lipinski definition) is 2. The molecule has 9 heteroatoms. The third kappa shape index (κ3) is 6.43. The summed E-state index contributed by atoms with van der Waals surface area (Å²) in [7, 11) is 1.19. The Morgan fingerprint density at radius 2 is 1.63 bits per heavy atom. The van der Waals surface area contributed by atoms with Crippen molar-refractivity contribution >= 4 is 40.0 Å². The van der Waals surface area contributed by atoms with Crippen molar-refractivity contribution in [3.8, 4) is 0 Å². The maximum Gasteiger partial charge on any atom is 0.242 e. The summed E-state index contributed by atoms with van der Waals surface area (Å²) in [6.07, 6.45) is 0.